The third-order valence-electron chi connectivity index (χ3n) is 7.66. The molecule has 0 spiro atoms. The lowest BCUT2D eigenvalue weighted by Gasteiger charge is -2.34. The van der Waals surface area contributed by atoms with Crippen LogP contribution in [0.3, 0.4) is 0 Å². The van der Waals surface area contributed by atoms with E-state index in [4.69, 9.17) is 4.74 Å². The molecule has 4 aliphatic rings. The van der Waals surface area contributed by atoms with E-state index in [0.717, 1.165) is 44.1 Å². The fourth-order valence-electron chi connectivity index (χ4n) is 6.00. The summed E-state index contributed by atoms with van der Waals surface area (Å²) < 4.78 is 44.9. The minimum Gasteiger partial charge on any atom is -0.381 e. The molecule has 3 fully saturated rings. The minimum atomic E-state index is -4.35. The minimum absolute atomic E-state index is 0.0210. The molecule has 0 aromatic heterocycles. The second-order valence-electron chi connectivity index (χ2n) is 10.2. The highest BCUT2D eigenvalue weighted by Gasteiger charge is 2.42. The van der Waals surface area contributed by atoms with E-state index in [1.807, 2.05) is 0 Å². The number of carbonyl (C=O) groups excluding carboxylic acids is 1. The van der Waals surface area contributed by atoms with Gasteiger partial charge in [0.15, 0.2) is 0 Å². The molecule has 1 amide bonds. The van der Waals surface area contributed by atoms with Crippen molar-refractivity contribution in [1.82, 2.24) is 10.2 Å². The van der Waals surface area contributed by atoms with Crippen molar-refractivity contribution in [3.05, 3.63) is 34.9 Å². The van der Waals surface area contributed by atoms with Crippen molar-refractivity contribution in [3.8, 4) is 12.8 Å². The van der Waals surface area contributed by atoms with Crippen molar-refractivity contribution in [2.24, 2.45) is 17.8 Å². The number of terminal acetylenes is 1. The molecule has 1 saturated heterocycles. The molecule has 194 valence electrons. The third-order valence-corrected chi connectivity index (χ3v) is 7.66. The van der Waals surface area contributed by atoms with Gasteiger partial charge in [-0.2, -0.15) is 13.2 Å². The number of hydrogen-bond donors (Lipinski definition) is 1. The number of halogens is 3. The molecular weight excluding hydrogens is 453 g/mol. The zero-order valence-electron chi connectivity index (χ0n) is 20.9. The Morgan fingerprint density at radius 3 is 2.37 bits per heavy atom. The standard InChI is InChI=1S/C23H29F3N2O2.C3H8.C2H2/c24-23(25,26)19-5-3-14-7-8-28(11-18(14)9-19)22(29)15-4-6-20(10-15)27-21-16-1-2-17(21)13-30-12-16;1-3-2;1-2/h3,5,9,15-17,20-21,27H,1-2,4,6-8,10-13H2;3H2,1-2H3;1-2H/t15-,16?,17?,20+,21?;;/m0../s1. The first-order valence-corrected chi connectivity index (χ1v) is 12.9. The third kappa shape index (κ3) is 6.59. The van der Waals surface area contributed by atoms with Crippen molar-refractivity contribution in [1.29, 1.82) is 0 Å². The number of hydrogen-bond acceptors (Lipinski definition) is 3. The Hall–Kier alpha value is -2.04. The molecule has 2 bridgehead atoms. The van der Waals surface area contributed by atoms with Crippen LogP contribution in [0.4, 0.5) is 13.2 Å². The monoisotopic (exact) mass is 492 g/mol. The van der Waals surface area contributed by atoms with Crippen LogP contribution in [0.1, 0.15) is 69.1 Å². The average Bonchev–Trinajstić information content (AvgIpc) is 3.39. The van der Waals surface area contributed by atoms with Crippen LogP contribution in [0.5, 0.6) is 0 Å². The topological polar surface area (TPSA) is 41.6 Å². The summed E-state index contributed by atoms with van der Waals surface area (Å²) >= 11 is 0. The van der Waals surface area contributed by atoms with Crippen LogP contribution >= 0.6 is 0 Å². The van der Waals surface area contributed by atoms with Gasteiger partial charge >= 0.3 is 6.18 Å². The van der Waals surface area contributed by atoms with Crippen LogP contribution in [0.15, 0.2) is 18.2 Å². The number of ether oxygens (including phenoxy) is 1. The molecule has 2 aliphatic carbocycles. The lowest BCUT2D eigenvalue weighted by molar-refractivity contribution is -0.137. The first kappa shape index (κ1) is 27.5. The molecule has 1 aromatic rings. The Labute approximate surface area is 208 Å². The van der Waals surface area contributed by atoms with E-state index in [1.165, 1.54) is 25.3 Å². The van der Waals surface area contributed by atoms with E-state index < -0.39 is 11.7 Å². The maximum atomic E-state index is 13.1. The van der Waals surface area contributed by atoms with Crippen LogP contribution in [-0.2, 0) is 28.7 Å². The molecular formula is C28H39F3N2O2. The van der Waals surface area contributed by atoms with Crippen molar-refractivity contribution >= 4 is 5.91 Å². The van der Waals surface area contributed by atoms with Crippen LogP contribution in [0.25, 0.3) is 0 Å². The lowest BCUT2D eigenvalue weighted by Crippen LogP contribution is -2.48. The number of alkyl halides is 3. The SMILES string of the molecule is C#C.CCC.O=C([C@H]1CC[C@@H](NC2C3CCC2COC3)C1)N1CCc2ccc(C(F)(F)F)cc2C1. The van der Waals surface area contributed by atoms with E-state index in [0.29, 0.717) is 42.4 Å². The van der Waals surface area contributed by atoms with E-state index in [9.17, 15) is 18.0 Å². The molecule has 2 saturated carbocycles. The molecule has 0 radical (unpaired) electrons. The zero-order valence-corrected chi connectivity index (χ0v) is 20.9. The molecule has 4 nitrogen and oxygen atoms in total. The van der Waals surface area contributed by atoms with Crippen molar-refractivity contribution < 1.29 is 22.7 Å². The number of carbonyl (C=O) groups is 1. The van der Waals surface area contributed by atoms with Gasteiger partial charge in [0.05, 0.1) is 18.8 Å². The van der Waals surface area contributed by atoms with Gasteiger partial charge in [-0.15, -0.1) is 12.8 Å². The molecule has 2 aliphatic heterocycles. The molecule has 4 atom stereocenters. The van der Waals surface area contributed by atoms with Crippen LogP contribution in [0.2, 0.25) is 0 Å². The fraction of sp³-hybridized carbons (Fsp3) is 0.679. The Balaban J connectivity index is 0.000000638. The average molecular weight is 493 g/mol. The molecule has 5 rings (SSSR count). The van der Waals surface area contributed by atoms with Crippen LogP contribution in [0, 0.1) is 30.6 Å². The van der Waals surface area contributed by atoms with Gasteiger partial charge in [-0.25, -0.2) is 0 Å². The summed E-state index contributed by atoms with van der Waals surface area (Å²) in [5.74, 6) is 1.28. The van der Waals surface area contributed by atoms with Crippen molar-refractivity contribution in [2.45, 2.75) is 83.6 Å². The van der Waals surface area contributed by atoms with E-state index in [1.54, 1.807) is 11.0 Å². The summed E-state index contributed by atoms with van der Waals surface area (Å²) in [6, 6.07) is 4.80. The Bertz CT molecular complexity index is 853. The fourth-order valence-corrected chi connectivity index (χ4v) is 6.00. The first-order valence-electron chi connectivity index (χ1n) is 12.9. The summed E-state index contributed by atoms with van der Waals surface area (Å²) in [4.78, 5) is 14.9. The van der Waals surface area contributed by atoms with E-state index in [-0.39, 0.29) is 18.4 Å². The number of nitrogens with one attached hydrogen (secondary N) is 1. The van der Waals surface area contributed by atoms with Crippen molar-refractivity contribution in [3.63, 3.8) is 0 Å². The summed E-state index contributed by atoms with van der Waals surface area (Å²) in [6.45, 7) is 6.82. The largest absolute Gasteiger partial charge is 0.416 e. The molecule has 35 heavy (non-hydrogen) atoms. The maximum Gasteiger partial charge on any atom is 0.416 e. The molecule has 7 heteroatoms. The second-order valence-corrected chi connectivity index (χ2v) is 10.2. The van der Waals surface area contributed by atoms with Gasteiger partial charge < -0.3 is 15.0 Å². The van der Waals surface area contributed by atoms with Gasteiger partial charge in [0.1, 0.15) is 0 Å². The highest BCUT2D eigenvalue weighted by Crippen LogP contribution is 2.38. The Morgan fingerprint density at radius 1 is 1.09 bits per heavy atom. The highest BCUT2D eigenvalue weighted by atomic mass is 19.4. The van der Waals surface area contributed by atoms with Crippen LogP contribution < -0.4 is 5.32 Å². The molecule has 2 unspecified atom stereocenters. The Morgan fingerprint density at radius 2 is 1.74 bits per heavy atom. The number of amides is 1. The van der Waals surface area contributed by atoms with Gasteiger partial charge in [-0.1, -0.05) is 26.3 Å². The van der Waals surface area contributed by atoms with Crippen LogP contribution in [-0.4, -0.2) is 42.6 Å². The summed E-state index contributed by atoms with van der Waals surface area (Å²) in [5, 5.41) is 3.83. The summed E-state index contributed by atoms with van der Waals surface area (Å²) in [7, 11) is 0. The van der Waals surface area contributed by atoms with Crippen molar-refractivity contribution in [2.75, 3.05) is 19.8 Å². The van der Waals surface area contributed by atoms with E-state index >= 15 is 0 Å². The summed E-state index contributed by atoms with van der Waals surface area (Å²) in [5.41, 5.74) is 0.927. The predicted octanol–water partition coefficient (Wildman–Crippen LogP) is 5.44. The quantitative estimate of drug-likeness (QED) is 0.572. The molecule has 2 heterocycles. The highest BCUT2D eigenvalue weighted by molar-refractivity contribution is 5.79. The predicted molar refractivity (Wildman–Crippen MR) is 132 cm³/mol. The zero-order chi connectivity index (χ0) is 25.6. The summed E-state index contributed by atoms with van der Waals surface area (Å²) in [6.07, 6.45) is 10.7. The maximum absolute atomic E-state index is 13.1. The van der Waals surface area contributed by atoms with Gasteiger partial charge in [0, 0.05) is 31.1 Å². The van der Waals surface area contributed by atoms with Gasteiger partial charge in [-0.3, -0.25) is 4.79 Å². The van der Waals surface area contributed by atoms with Gasteiger partial charge in [0.25, 0.3) is 0 Å². The number of benzene rings is 1. The lowest BCUT2D eigenvalue weighted by atomic mass is 9.94. The molecule has 1 N–H and O–H groups in total. The number of fused-ring (bicyclic) bond motifs is 3. The van der Waals surface area contributed by atoms with Gasteiger partial charge in [0.2, 0.25) is 5.91 Å². The van der Waals surface area contributed by atoms with E-state index in [2.05, 4.69) is 32.0 Å². The normalized spacial score (nSPS) is 29.3. The molecule has 1 aromatic carbocycles. The first-order chi connectivity index (χ1) is 16.8. The number of nitrogens with zero attached hydrogens (tertiary/aromatic N) is 1. The Kier molecular flexibility index (Phi) is 9.66. The smallest absolute Gasteiger partial charge is 0.381 e. The second kappa shape index (κ2) is 12.3. The number of rotatable bonds is 3. The van der Waals surface area contributed by atoms with Gasteiger partial charge in [-0.05, 0) is 73.6 Å².